The van der Waals surface area contributed by atoms with E-state index in [0.29, 0.717) is 6.54 Å². The first kappa shape index (κ1) is 30.6. The van der Waals surface area contributed by atoms with Crippen molar-refractivity contribution < 1.29 is 4.79 Å². The summed E-state index contributed by atoms with van der Waals surface area (Å²) in [6.07, 6.45) is 1.57. The van der Waals surface area contributed by atoms with Gasteiger partial charge in [0.2, 0.25) is 5.91 Å². The van der Waals surface area contributed by atoms with E-state index in [-0.39, 0.29) is 18.3 Å². The van der Waals surface area contributed by atoms with Crippen LogP contribution in [0.15, 0.2) is 109 Å². The molecular formula is C38H39N7O. The van der Waals surface area contributed by atoms with Gasteiger partial charge in [-0.1, -0.05) is 72.8 Å². The van der Waals surface area contributed by atoms with Crippen molar-refractivity contribution in [3.8, 4) is 0 Å². The molecule has 0 aliphatic rings. The first-order chi connectivity index (χ1) is 22.3. The summed E-state index contributed by atoms with van der Waals surface area (Å²) in [4.78, 5) is 23.0. The molecule has 232 valence electrons. The number of amides is 1. The SMILES string of the molecule is CN(C)c1ccc(CNCC(=O)N(c2ccc3c(c2)nc(CCc2ccc(C(=N)N)cc2)n3C)c2cccc3ccccc23)cc1. The molecule has 0 radical (unpaired) electrons. The second-order valence-corrected chi connectivity index (χ2v) is 11.8. The molecule has 0 saturated heterocycles. The van der Waals surface area contributed by atoms with Crippen molar-refractivity contribution in [2.45, 2.75) is 19.4 Å². The van der Waals surface area contributed by atoms with Gasteiger partial charge in [-0.05, 0) is 59.3 Å². The van der Waals surface area contributed by atoms with E-state index in [2.05, 4.69) is 57.2 Å². The van der Waals surface area contributed by atoms with Crippen molar-refractivity contribution in [1.82, 2.24) is 14.9 Å². The normalized spacial score (nSPS) is 11.2. The van der Waals surface area contributed by atoms with Gasteiger partial charge in [-0.2, -0.15) is 0 Å². The number of nitrogens with two attached hydrogens (primary N) is 1. The van der Waals surface area contributed by atoms with Gasteiger partial charge < -0.3 is 20.5 Å². The summed E-state index contributed by atoms with van der Waals surface area (Å²) in [5.41, 5.74) is 13.2. The highest BCUT2D eigenvalue weighted by Gasteiger charge is 2.21. The van der Waals surface area contributed by atoms with Crippen LogP contribution in [0.5, 0.6) is 0 Å². The quantitative estimate of drug-likeness (QED) is 0.118. The van der Waals surface area contributed by atoms with Crippen molar-refractivity contribution in [2.24, 2.45) is 12.8 Å². The molecule has 0 aliphatic carbocycles. The fraction of sp³-hybridized carbons (Fsp3) is 0.184. The highest BCUT2D eigenvalue weighted by Crippen LogP contribution is 2.34. The second-order valence-electron chi connectivity index (χ2n) is 11.8. The highest BCUT2D eigenvalue weighted by atomic mass is 16.2. The van der Waals surface area contributed by atoms with Crippen molar-refractivity contribution >= 4 is 50.6 Å². The first-order valence-corrected chi connectivity index (χ1v) is 15.4. The summed E-state index contributed by atoms with van der Waals surface area (Å²) >= 11 is 0. The van der Waals surface area contributed by atoms with Crippen LogP contribution in [0.1, 0.15) is 22.5 Å². The van der Waals surface area contributed by atoms with Crippen LogP contribution in [0.2, 0.25) is 0 Å². The largest absolute Gasteiger partial charge is 0.384 e. The molecule has 0 unspecified atom stereocenters. The van der Waals surface area contributed by atoms with Gasteiger partial charge in [0, 0.05) is 50.7 Å². The maximum atomic E-state index is 14.1. The lowest BCUT2D eigenvalue weighted by Crippen LogP contribution is -2.35. The minimum Gasteiger partial charge on any atom is -0.384 e. The molecule has 8 nitrogen and oxygen atoms in total. The number of hydrogen-bond donors (Lipinski definition) is 3. The van der Waals surface area contributed by atoms with Crippen LogP contribution >= 0.6 is 0 Å². The Morgan fingerprint density at radius 1 is 0.848 bits per heavy atom. The van der Waals surface area contributed by atoms with Crippen LogP contribution < -0.4 is 20.9 Å². The predicted octanol–water partition coefficient (Wildman–Crippen LogP) is 6.32. The zero-order valence-electron chi connectivity index (χ0n) is 26.5. The lowest BCUT2D eigenvalue weighted by Gasteiger charge is -2.25. The number of hydrogen-bond acceptors (Lipinski definition) is 5. The molecule has 8 heteroatoms. The molecule has 0 atom stereocenters. The second kappa shape index (κ2) is 13.3. The summed E-state index contributed by atoms with van der Waals surface area (Å²) in [6, 6.07) is 36.4. The number of aromatic nitrogens is 2. The molecule has 0 spiro atoms. The van der Waals surface area contributed by atoms with Gasteiger partial charge in [-0.25, -0.2) is 4.98 Å². The average molecular weight is 610 g/mol. The monoisotopic (exact) mass is 609 g/mol. The molecule has 0 bridgehead atoms. The molecule has 0 fully saturated rings. The minimum absolute atomic E-state index is 0.0502. The van der Waals surface area contributed by atoms with Gasteiger partial charge in [-0.3, -0.25) is 15.1 Å². The number of carbonyl (C=O) groups excluding carboxylic acids is 1. The summed E-state index contributed by atoms with van der Waals surface area (Å²) in [5, 5.41) is 13.1. The standard InChI is InChI=1S/C38H39N7O/c1-43(2)30-18-13-27(14-19-30)24-41-25-37(46)45(34-10-6-8-28-7-4-5-9-32(28)34)31-20-21-35-33(23-31)42-36(44(35)3)22-15-26-11-16-29(17-12-26)38(39)40/h4-14,16-21,23,41H,15,22,24-25H2,1-3H3,(H3,39,40). The summed E-state index contributed by atoms with van der Waals surface area (Å²) in [7, 11) is 6.08. The number of aryl methyl sites for hydroxylation is 3. The van der Waals surface area contributed by atoms with Crippen LogP contribution in [0.4, 0.5) is 17.1 Å². The van der Waals surface area contributed by atoms with E-state index >= 15 is 0 Å². The van der Waals surface area contributed by atoms with Crippen LogP contribution in [0, 0.1) is 5.41 Å². The van der Waals surface area contributed by atoms with Crippen LogP contribution in [-0.4, -0.2) is 41.9 Å². The van der Waals surface area contributed by atoms with Gasteiger partial charge in [0.05, 0.1) is 29.0 Å². The third-order valence-electron chi connectivity index (χ3n) is 8.43. The molecule has 1 amide bonds. The Bertz CT molecular complexity index is 2000. The minimum atomic E-state index is -0.0502. The molecular weight excluding hydrogens is 570 g/mol. The van der Waals surface area contributed by atoms with Crippen molar-refractivity contribution in [1.29, 1.82) is 5.41 Å². The Balaban J connectivity index is 1.27. The van der Waals surface area contributed by atoms with Crippen molar-refractivity contribution in [3.63, 3.8) is 0 Å². The summed E-state index contributed by atoms with van der Waals surface area (Å²) in [6.45, 7) is 0.759. The summed E-state index contributed by atoms with van der Waals surface area (Å²) < 4.78 is 2.12. The Labute approximate surface area is 269 Å². The van der Waals surface area contributed by atoms with Gasteiger partial charge in [-0.15, -0.1) is 0 Å². The van der Waals surface area contributed by atoms with Gasteiger partial charge >= 0.3 is 0 Å². The molecule has 6 aromatic rings. The predicted molar refractivity (Wildman–Crippen MR) is 189 cm³/mol. The van der Waals surface area contributed by atoms with Crippen LogP contribution in [-0.2, 0) is 31.2 Å². The zero-order valence-corrected chi connectivity index (χ0v) is 26.5. The molecule has 0 aliphatic heterocycles. The molecule has 1 heterocycles. The van der Waals surface area contributed by atoms with E-state index in [9.17, 15) is 4.79 Å². The number of carbonyl (C=O) groups is 1. The van der Waals surface area contributed by atoms with Crippen LogP contribution in [0.3, 0.4) is 0 Å². The Morgan fingerprint density at radius 2 is 1.54 bits per heavy atom. The highest BCUT2D eigenvalue weighted by molar-refractivity contribution is 6.09. The number of imidazole rings is 1. The Hall–Kier alpha value is -5.47. The van der Waals surface area contributed by atoms with E-state index in [0.717, 1.165) is 74.2 Å². The van der Waals surface area contributed by atoms with E-state index < -0.39 is 0 Å². The molecule has 5 aromatic carbocycles. The lowest BCUT2D eigenvalue weighted by atomic mass is 10.1. The summed E-state index contributed by atoms with van der Waals surface area (Å²) in [5.74, 6) is 0.984. The average Bonchev–Trinajstić information content (AvgIpc) is 3.38. The Morgan fingerprint density at radius 3 is 2.28 bits per heavy atom. The molecule has 46 heavy (non-hydrogen) atoms. The number of benzene rings is 5. The number of fused-ring (bicyclic) bond motifs is 2. The number of nitrogen functional groups attached to an aromatic ring is 1. The Kier molecular flexibility index (Phi) is 8.81. The third kappa shape index (κ3) is 6.48. The fourth-order valence-corrected chi connectivity index (χ4v) is 5.83. The van der Waals surface area contributed by atoms with E-state index in [1.807, 2.05) is 92.8 Å². The number of nitrogens with zero attached hydrogens (tertiary/aromatic N) is 4. The van der Waals surface area contributed by atoms with E-state index in [1.54, 1.807) is 0 Å². The number of anilines is 3. The smallest absolute Gasteiger partial charge is 0.245 e. The number of rotatable bonds is 11. The molecule has 0 saturated carbocycles. The van der Waals surface area contributed by atoms with Crippen molar-refractivity contribution in [3.05, 3.63) is 132 Å². The zero-order chi connectivity index (χ0) is 32.2. The van der Waals surface area contributed by atoms with Crippen LogP contribution in [0.25, 0.3) is 21.8 Å². The van der Waals surface area contributed by atoms with Crippen molar-refractivity contribution in [2.75, 3.05) is 30.4 Å². The van der Waals surface area contributed by atoms with E-state index in [4.69, 9.17) is 16.1 Å². The van der Waals surface area contributed by atoms with Gasteiger partial charge in [0.1, 0.15) is 11.7 Å². The number of nitrogens with one attached hydrogen (secondary N) is 2. The third-order valence-corrected chi connectivity index (χ3v) is 8.43. The fourth-order valence-electron chi connectivity index (χ4n) is 5.83. The van der Waals surface area contributed by atoms with Gasteiger partial charge in [0.15, 0.2) is 0 Å². The number of amidine groups is 1. The topological polar surface area (TPSA) is 103 Å². The molecule has 1 aromatic heterocycles. The maximum Gasteiger partial charge on any atom is 0.245 e. The van der Waals surface area contributed by atoms with E-state index in [1.165, 1.54) is 0 Å². The molecule has 4 N–H and O–H groups in total. The molecule has 6 rings (SSSR count). The first-order valence-electron chi connectivity index (χ1n) is 15.4. The van der Waals surface area contributed by atoms with Gasteiger partial charge in [0.25, 0.3) is 0 Å². The maximum absolute atomic E-state index is 14.1. The lowest BCUT2D eigenvalue weighted by molar-refractivity contribution is -0.117.